The molecule has 1 aliphatic rings. The molecule has 1 atom stereocenters. The molecule has 2 rings (SSSR count). The Morgan fingerprint density at radius 2 is 2.00 bits per heavy atom. The van der Waals surface area contributed by atoms with E-state index in [1.807, 2.05) is 14.0 Å². The summed E-state index contributed by atoms with van der Waals surface area (Å²) in [5, 5.41) is 9.13. The number of benzene rings is 1. The maximum Gasteiger partial charge on any atom is 0.335 e. The van der Waals surface area contributed by atoms with Gasteiger partial charge in [-0.1, -0.05) is 6.07 Å². The Morgan fingerprint density at radius 3 is 2.57 bits per heavy atom. The molecule has 1 aliphatic heterocycles. The molecule has 7 heteroatoms. The van der Waals surface area contributed by atoms with Crippen LogP contribution in [0.3, 0.4) is 0 Å². The molecule has 1 N–H and O–H groups in total. The molecular weight excluding hydrogens is 292 g/mol. The van der Waals surface area contributed by atoms with Gasteiger partial charge >= 0.3 is 5.97 Å². The van der Waals surface area contributed by atoms with E-state index in [-0.39, 0.29) is 22.1 Å². The molecule has 0 amide bonds. The summed E-state index contributed by atoms with van der Waals surface area (Å²) in [5.41, 5.74) is 0.315. The quantitative estimate of drug-likeness (QED) is 0.901. The SMILES string of the molecule is Cc1c(C(=O)O)cccc1S(=O)(=O)N1CCN(C)C(C)C1. The third-order valence-corrected chi connectivity index (χ3v) is 6.06. The number of carboxylic acid groups (broad SMARTS) is 1. The fourth-order valence-electron chi connectivity index (χ4n) is 2.50. The molecule has 0 radical (unpaired) electrons. The van der Waals surface area contributed by atoms with Crippen molar-refractivity contribution in [1.29, 1.82) is 0 Å². The van der Waals surface area contributed by atoms with E-state index in [4.69, 9.17) is 5.11 Å². The maximum absolute atomic E-state index is 12.7. The topological polar surface area (TPSA) is 77.9 Å². The summed E-state index contributed by atoms with van der Waals surface area (Å²) >= 11 is 0. The smallest absolute Gasteiger partial charge is 0.335 e. The number of aromatic carboxylic acids is 1. The molecule has 1 fully saturated rings. The molecule has 0 spiro atoms. The minimum atomic E-state index is -3.66. The number of sulfonamides is 1. The number of carbonyl (C=O) groups is 1. The molecule has 21 heavy (non-hydrogen) atoms. The van der Waals surface area contributed by atoms with Crippen molar-refractivity contribution in [3.8, 4) is 0 Å². The van der Waals surface area contributed by atoms with E-state index in [1.54, 1.807) is 0 Å². The van der Waals surface area contributed by atoms with Crippen LogP contribution in [0.1, 0.15) is 22.8 Å². The zero-order valence-corrected chi connectivity index (χ0v) is 13.2. The van der Waals surface area contributed by atoms with E-state index in [0.29, 0.717) is 19.6 Å². The first kappa shape index (κ1) is 15.9. The average Bonchev–Trinajstić information content (AvgIpc) is 2.41. The van der Waals surface area contributed by atoms with E-state index in [1.165, 1.54) is 29.4 Å². The molecule has 1 heterocycles. The van der Waals surface area contributed by atoms with Crippen LogP contribution in [0.15, 0.2) is 23.1 Å². The maximum atomic E-state index is 12.7. The number of likely N-dealkylation sites (N-methyl/N-ethyl adjacent to an activating group) is 1. The monoisotopic (exact) mass is 312 g/mol. The van der Waals surface area contributed by atoms with Crippen molar-refractivity contribution in [2.45, 2.75) is 24.8 Å². The average molecular weight is 312 g/mol. The molecule has 116 valence electrons. The molecule has 1 unspecified atom stereocenters. The van der Waals surface area contributed by atoms with Gasteiger partial charge in [-0.25, -0.2) is 13.2 Å². The summed E-state index contributed by atoms with van der Waals surface area (Å²) in [6.45, 7) is 5.01. The highest BCUT2D eigenvalue weighted by molar-refractivity contribution is 7.89. The summed E-state index contributed by atoms with van der Waals surface area (Å²) in [6.07, 6.45) is 0. The van der Waals surface area contributed by atoms with E-state index >= 15 is 0 Å². The summed E-state index contributed by atoms with van der Waals surface area (Å²) < 4.78 is 26.9. The summed E-state index contributed by atoms with van der Waals surface area (Å²) in [5.74, 6) is -1.11. The molecule has 0 aliphatic carbocycles. The second kappa shape index (κ2) is 5.75. The van der Waals surface area contributed by atoms with Crippen LogP contribution in [0.2, 0.25) is 0 Å². The highest BCUT2D eigenvalue weighted by Gasteiger charge is 2.32. The zero-order chi connectivity index (χ0) is 15.8. The van der Waals surface area contributed by atoms with Crippen molar-refractivity contribution in [2.75, 3.05) is 26.7 Å². The Kier molecular flexibility index (Phi) is 4.36. The van der Waals surface area contributed by atoms with Crippen molar-refractivity contribution < 1.29 is 18.3 Å². The van der Waals surface area contributed by atoms with Gasteiger partial charge in [-0.05, 0) is 38.6 Å². The van der Waals surface area contributed by atoms with Gasteiger partial charge in [0.05, 0.1) is 10.5 Å². The van der Waals surface area contributed by atoms with Gasteiger partial charge in [0.2, 0.25) is 10.0 Å². The lowest BCUT2D eigenvalue weighted by Gasteiger charge is -2.37. The molecule has 0 bridgehead atoms. The molecule has 0 aromatic heterocycles. The molecule has 0 saturated carbocycles. The van der Waals surface area contributed by atoms with E-state index < -0.39 is 16.0 Å². The van der Waals surface area contributed by atoms with Crippen LogP contribution in [0.4, 0.5) is 0 Å². The number of hydrogen-bond acceptors (Lipinski definition) is 4. The van der Waals surface area contributed by atoms with Gasteiger partial charge in [0.25, 0.3) is 0 Å². The number of rotatable bonds is 3. The fraction of sp³-hybridized carbons (Fsp3) is 0.500. The van der Waals surface area contributed by atoms with Crippen molar-refractivity contribution in [3.63, 3.8) is 0 Å². The number of nitrogens with zero attached hydrogens (tertiary/aromatic N) is 2. The number of hydrogen-bond donors (Lipinski definition) is 1. The van der Waals surface area contributed by atoms with Crippen molar-refractivity contribution in [2.24, 2.45) is 0 Å². The first-order valence-corrected chi connectivity index (χ1v) is 8.22. The lowest BCUT2D eigenvalue weighted by molar-refractivity contribution is 0.0696. The van der Waals surface area contributed by atoms with E-state index in [9.17, 15) is 13.2 Å². The first-order chi connectivity index (χ1) is 9.75. The van der Waals surface area contributed by atoms with Crippen LogP contribution in [0.25, 0.3) is 0 Å². The van der Waals surface area contributed by atoms with E-state index in [0.717, 1.165) is 0 Å². The van der Waals surface area contributed by atoms with Crippen LogP contribution in [0, 0.1) is 6.92 Å². The summed E-state index contributed by atoms with van der Waals surface area (Å²) in [7, 11) is -1.70. The van der Waals surface area contributed by atoms with Gasteiger partial charge in [-0.3, -0.25) is 0 Å². The third-order valence-electron chi connectivity index (χ3n) is 4.05. The van der Waals surface area contributed by atoms with Gasteiger partial charge in [0, 0.05) is 25.7 Å². The predicted molar refractivity (Wildman–Crippen MR) is 79.0 cm³/mol. The minimum absolute atomic E-state index is 0.0262. The second-order valence-corrected chi connectivity index (χ2v) is 7.33. The number of carboxylic acids is 1. The van der Waals surface area contributed by atoms with Gasteiger partial charge in [-0.2, -0.15) is 4.31 Å². The Balaban J connectivity index is 2.41. The Bertz CT molecular complexity index is 657. The Hall–Kier alpha value is -1.44. The van der Waals surface area contributed by atoms with Crippen LogP contribution in [-0.4, -0.2) is 61.4 Å². The van der Waals surface area contributed by atoms with Crippen LogP contribution in [0.5, 0.6) is 0 Å². The molecule has 1 aromatic carbocycles. The van der Waals surface area contributed by atoms with Gasteiger partial charge < -0.3 is 10.0 Å². The Morgan fingerprint density at radius 1 is 1.33 bits per heavy atom. The first-order valence-electron chi connectivity index (χ1n) is 6.78. The zero-order valence-electron chi connectivity index (χ0n) is 12.4. The van der Waals surface area contributed by atoms with Crippen molar-refractivity contribution in [1.82, 2.24) is 9.21 Å². The second-order valence-electron chi connectivity index (χ2n) is 5.43. The van der Waals surface area contributed by atoms with Crippen molar-refractivity contribution >= 4 is 16.0 Å². The van der Waals surface area contributed by atoms with Crippen LogP contribution in [-0.2, 0) is 10.0 Å². The lowest BCUT2D eigenvalue weighted by atomic mass is 10.1. The molecule has 1 aromatic rings. The van der Waals surface area contributed by atoms with Crippen LogP contribution >= 0.6 is 0 Å². The van der Waals surface area contributed by atoms with Gasteiger partial charge in [0.1, 0.15) is 0 Å². The van der Waals surface area contributed by atoms with Crippen molar-refractivity contribution in [3.05, 3.63) is 29.3 Å². The highest BCUT2D eigenvalue weighted by Crippen LogP contribution is 2.24. The van der Waals surface area contributed by atoms with Gasteiger partial charge in [0.15, 0.2) is 0 Å². The largest absolute Gasteiger partial charge is 0.478 e. The third kappa shape index (κ3) is 2.95. The molecule has 1 saturated heterocycles. The molecule has 6 nitrogen and oxygen atoms in total. The highest BCUT2D eigenvalue weighted by atomic mass is 32.2. The van der Waals surface area contributed by atoms with Crippen LogP contribution < -0.4 is 0 Å². The summed E-state index contributed by atoms with van der Waals surface area (Å²) in [6, 6.07) is 4.50. The summed E-state index contributed by atoms with van der Waals surface area (Å²) in [4.78, 5) is 13.3. The lowest BCUT2D eigenvalue weighted by Crippen LogP contribution is -2.51. The number of piperazine rings is 1. The predicted octanol–water partition coefficient (Wildman–Crippen LogP) is 1.02. The Labute approximate surface area is 125 Å². The standard InChI is InChI=1S/C14H20N2O4S/c1-10-9-16(8-7-15(10)3)21(19,20)13-6-4-5-12(11(13)2)14(17)18/h4-6,10H,7-9H2,1-3H3,(H,17,18). The fourth-order valence-corrected chi connectivity index (χ4v) is 4.26. The normalized spacial score (nSPS) is 21.4. The van der Waals surface area contributed by atoms with E-state index in [2.05, 4.69) is 4.90 Å². The minimum Gasteiger partial charge on any atom is -0.478 e. The van der Waals surface area contributed by atoms with Gasteiger partial charge in [-0.15, -0.1) is 0 Å². The molecular formula is C14H20N2O4S.